The van der Waals surface area contributed by atoms with E-state index < -0.39 is 0 Å². The molecule has 0 saturated heterocycles. The highest BCUT2D eigenvalue weighted by Gasteiger charge is 2.25. The molecule has 21 heavy (non-hydrogen) atoms. The van der Waals surface area contributed by atoms with E-state index in [2.05, 4.69) is 10.4 Å². The fourth-order valence-electron chi connectivity index (χ4n) is 3.22. The summed E-state index contributed by atoms with van der Waals surface area (Å²) in [5.41, 5.74) is 6.52. The minimum absolute atomic E-state index is 0.0428. The molecule has 1 aliphatic rings. The van der Waals surface area contributed by atoms with Gasteiger partial charge in [0.1, 0.15) is 6.54 Å². The molecule has 1 saturated carbocycles. The predicted octanol–water partition coefficient (Wildman–Crippen LogP) is 1.67. The fraction of sp³-hybridized carbons (Fsp3) is 0.500. The number of rotatable bonds is 5. The van der Waals surface area contributed by atoms with Crippen molar-refractivity contribution in [2.45, 2.75) is 38.3 Å². The Labute approximate surface area is 124 Å². The van der Waals surface area contributed by atoms with Crippen molar-refractivity contribution in [3.63, 3.8) is 0 Å². The molecule has 2 unspecified atom stereocenters. The van der Waals surface area contributed by atoms with Crippen molar-refractivity contribution in [1.29, 1.82) is 0 Å². The number of carbonyl (C=O) groups excluding carboxylic acids is 1. The number of nitrogens with two attached hydrogens (primary N) is 1. The molecule has 0 aliphatic heterocycles. The lowest BCUT2D eigenvalue weighted by Gasteiger charge is -2.13. The van der Waals surface area contributed by atoms with Gasteiger partial charge in [-0.05, 0) is 44.2 Å². The van der Waals surface area contributed by atoms with Crippen LogP contribution in [0.25, 0.3) is 10.9 Å². The van der Waals surface area contributed by atoms with Crippen molar-refractivity contribution in [1.82, 2.24) is 15.1 Å². The number of nitrogens with one attached hydrogen (secondary N) is 1. The van der Waals surface area contributed by atoms with Crippen LogP contribution in [-0.4, -0.2) is 28.3 Å². The molecular formula is C16H22N4O. The Morgan fingerprint density at radius 2 is 2.24 bits per heavy atom. The van der Waals surface area contributed by atoms with Crippen LogP contribution in [0.2, 0.25) is 0 Å². The lowest BCUT2D eigenvalue weighted by molar-refractivity contribution is -0.122. The Hall–Kier alpha value is -1.88. The molecule has 3 N–H and O–H groups in total. The number of hydrogen-bond donors (Lipinski definition) is 2. The van der Waals surface area contributed by atoms with Gasteiger partial charge in [0, 0.05) is 17.6 Å². The molecule has 2 aromatic rings. The number of aromatic nitrogens is 2. The second-order valence-corrected chi connectivity index (χ2v) is 5.91. The van der Waals surface area contributed by atoms with Gasteiger partial charge in [-0.2, -0.15) is 5.10 Å². The summed E-state index contributed by atoms with van der Waals surface area (Å²) in [5.74, 6) is 0.716. The Morgan fingerprint density at radius 3 is 3.05 bits per heavy atom. The second kappa shape index (κ2) is 6.26. The smallest absolute Gasteiger partial charge is 0.241 e. The predicted molar refractivity (Wildman–Crippen MR) is 82.7 cm³/mol. The van der Waals surface area contributed by atoms with Gasteiger partial charge < -0.3 is 11.1 Å². The van der Waals surface area contributed by atoms with Crippen LogP contribution in [0.5, 0.6) is 0 Å². The third-order valence-corrected chi connectivity index (χ3v) is 4.25. The minimum atomic E-state index is 0.0428. The minimum Gasteiger partial charge on any atom is -0.352 e. The molecule has 0 bridgehead atoms. The van der Waals surface area contributed by atoms with Crippen LogP contribution >= 0.6 is 0 Å². The van der Waals surface area contributed by atoms with Crippen molar-refractivity contribution < 1.29 is 4.79 Å². The molecule has 2 atom stereocenters. The quantitative estimate of drug-likeness (QED) is 0.878. The summed E-state index contributed by atoms with van der Waals surface area (Å²) in [4.78, 5) is 12.1. The van der Waals surface area contributed by atoms with Crippen molar-refractivity contribution in [2.24, 2.45) is 11.7 Å². The monoisotopic (exact) mass is 286 g/mol. The first-order chi connectivity index (χ1) is 10.2. The third-order valence-electron chi connectivity index (χ3n) is 4.25. The normalized spacial score (nSPS) is 21.8. The molecule has 0 spiro atoms. The Bertz CT molecular complexity index is 589. The van der Waals surface area contributed by atoms with Crippen LogP contribution in [0.15, 0.2) is 30.5 Å². The number of carbonyl (C=O) groups is 1. The summed E-state index contributed by atoms with van der Waals surface area (Å²) in [6.45, 7) is 1.03. The molecule has 1 amide bonds. The molecule has 1 fully saturated rings. The maximum absolute atomic E-state index is 12.1. The highest BCUT2D eigenvalue weighted by molar-refractivity contribution is 5.79. The van der Waals surface area contributed by atoms with Crippen molar-refractivity contribution in [2.75, 3.05) is 6.54 Å². The second-order valence-electron chi connectivity index (χ2n) is 5.91. The standard InChI is InChI=1S/C16H22N4O/c17-8-7-12-5-6-14(9-12)18-16(21)11-20-10-13-3-1-2-4-15(13)19-20/h1-4,10,12,14H,5-9,11,17H2,(H,18,21). The van der Waals surface area contributed by atoms with E-state index in [9.17, 15) is 4.79 Å². The maximum Gasteiger partial charge on any atom is 0.241 e. The summed E-state index contributed by atoms with van der Waals surface area (Å²) in [7, 11) is 0. The van der Waals surface area contributed by atoms with Gasteiger partial charge in [0.15, 0.2) is 0 Å². The van der Waals surface area contributed by atoms with Crippen LogP contribution < -0.4 is 11.1 Å². The van der Waals surface area contributed by atoms with Gasteiger partial charge in [0.25, 0.3) is 0 Å². The fourth-order valence-corrected chi connectivity index (χ4v) is 3.22. The SMILES string of the molecule is NCCC1CCC(NC(=O)Cn2cc3ccccc3n2)C1. The van der Waals surface area contributed by atoms with E-state index in [-0.39, 0.29) is 12.5 Å². The first-order valence-corrected chi connectivity index (χ1v) is 7.66. The summed E-state index contributed by atoms with van der Waals surface area (Å²) in [5, 5.41) is 8.59. The Morgan fingerprint density at radius 1 is 1.38 bits per heavy atom. The Kier molecular flexibility index (Phi) is 4.20. The lowest BCUT2D eigenvalue weighted by atomic mass is 10.0. The largest absolute Gasteiger partial charge is 0.352 e. The number of amides is 1. The van der Waals surface area contributed by atoms with Crippen molar-refractivity contribution >= 4 is 16.8 Å². The highest BCUT2D eigenvalue weighted by Crippen LogP contribution is 2.27. The van der Waals surface area contributed by atoms with Crippen LogP contribution in [0.1, 0.15) is 25.7 Å². The zero-order chi connectivity index (χ0) is 14.7. The highest BCUT2D eigenvalue weighted by atomic mass is 16.2. The van der Waals surface area contributed by atoms with Gasteiger partial charge in [-0.3, -0.25) is 9.48 Å². The van der Waals surface area contributed by atoms with Gasteiger partial charge in [0.05, 0.1) is 5.52 Å². The topological polar surface area (TPSA) is 72.9 Å². The summed E-state index contributed by atoms with van der Waals surface area (Å²) < 4.78 is 1.71. The number of nitrogens with zero attached hydrogens (tertiary/aromatic N) is 2. The van der Waals surface area contributed by atoms with Gasteiger partial charge >= 0.3 is 0 Å². The first-order valence-electron chi connectivity index (χ1n) is 7.66. The van der Waals surface area contributed by atoms with E-state index in [1.165, 1.54) is 6.42 Å². The maximum atomic E-state index is 12.1. The van der Waals surface area contributed by atoms with Gasteiger partial charge in [-0.1, -0.05) is 18.2 Å². The third kappa shape index (κ3) is 3.42. The zero-order valence-electron chi connectivity index (χ0n) is 12.2. The summed E-state index contributed by atoms with van der Waals surface area (Å²) in [6.07, 6.45) is 6.28. The van der Waals surface area contributed by atoms with E-state index in [1.54, 1.807) is 4.68 Å². The molecule has 1 aromatic carbocycles. The van der Waals surface area contributed by atoms with E-state index in [0.717, 1.165) is 36.7 Å². The molecule has 5 heteroatoms. The molecule has 1 heterocycles. The van der Waals surface area contributed by atoms with Crippen LogP contribution in [0.4, 0.5) is 0 Å². The first kappa shape index (κ1) is 14.1. The average molecular weight is 286 g/mol. The summed E-state index contributed by atoms with van der Waals surface area (Å²) in [6, 6.07) is 8.20. The van der Waals surface area contributed by atoms with Crippen molar-refractivity contribution in [3.05, 3.63) is 30.5 Å². The average Bonchev–Trinajstić information content (AvgIpc) is 3.05. The molecule has 0 radical (unpaired) electrons. The number of fused-ring (bicyclic) bond motifs is 1. The van der Waals surface area contributed by atoms with Gasteiger partial charge in [-0.15, -0.1) is 0 Å². The molecular weight excluding hydrogens is 264 g/mol. The van der Waals surface area contributed by atoms with Crippen molar-refractivity contribution in [3.8, 4) is 0 Å². The number of hydrogen-bond acceptors (Lipinski definition) is 3. The van der Waals surface area contributed by atoms with Gasteiger partial charge in [0.2, 0.25) is 5.91 Å². The molecule has 112 valence electrons. The van der Waals surface area contributed by atoms with Crippen LogP contribution in [0, 0.1) is 5.92 Å². The molecule has 1 aromatic heterocycles. The zero-order valence-corrected chi connectivity index (χ0v) is 12.2. The van der Waals surface area contributed by atoms with E-state index in [1.807, 2.05) is 30.5 Å². The molecule has 1 aliphatic carbocycles. The van der Waals surface area contributed by atoms with E-state index in [4.69, 9.17) is 5.73 Å². The van der Waals surface area contributed by atoms with Gasteiger partial charge in [-0.25, -0.2) is 0 Å². The van der Waals surface area contributed by atoms with Crippen LogP contribution in [-0.2, 0) is 11.3 Å². The van der Waals surface area contributed by atoms with Crippen LogP contribution in [0.3, 0.4) is 0 Å². The Balaban J connectivity index is 1.54. The summed E-state index contributed by atoms with van der Waals surface area (Å²) >= 11 is 0. The number of benzene rings is 1. The van der Waals surface area contributed by atoms with E-state index in [0.29, 0.717) is 12.0 Å². The molecule has 5 nitrogen and oxygen atoms in total. The lowest BCUT2D eigenvalue weighted by Crippen LogP contribution is -2.35. The van der Waals surface area contributed by atoms with E-state index >= 15 is 0 Å². The molecule has 3 rings (SSSR count).